The molecule has 7 nitrogen and oxygen atoms in total. The second-order valence-electron chi connectivity index (χ2n) is 4.36. The lowest BCUT2D eigenvalue weighted by atomic mass is 10.2. The molecule has 0 aliphatic carbocycles. The molecule has 0 atom stereocenters. The van der Waals surface area contributed by atoms with E-state index in [0.29, 0.717) is 13.1 Å². The quantitative estimate of drug-likeness (QED) is 0.427. The molecule has 1 rings (SSSR count). The normalized spacial score (nSPS) is 11.3. The molecule has 0 bridgehead atoms. The monoisotopic (exact) mass is 301 g/mol. The van der Waals surface area contributed by atoms with E-state index in [0.717, 1.165) is 19.2 Å². The predicted molar refractivity (Wildman–Crippen MR) is 77.9 cm³/mol. The largest absolute Gasteiger partial charge is 0.378 e. The van der Waals surface area contributed by atoms with E-state index in [1.165, 1.54) is 18.2 Å². The van der Waals surface area contributed by atoms with Gasteiger partial charge in [-0.2, -0.15) is 0 Å². The van der Waals surface area contributed by atoms with Crippen LogP contribution in [-0.4, -0.2) is 39.2 Å². The maximum atomic E-state index is 11.6. The van der Waals surface area contributed by atoms with Crippen molar-refractivity contribution in [2.75, 3.05) is 31.2 Å². The van der Waals surface area contributed by atoms with Gasteiger partial charge in [-0.25, -0.2) is 8.42 Å². The Hall–Kier alpha value is -1.67. The summed E-state index contributed by atoms with van der Waals surface area (Å²) in [5, 5.41) is 17.2. The Kier molecular flexibility index (Phi) is 5.90. The third-order valence-corrected chi connectivity index (χ3v) is 3.75. The second kappa shape index (κ2) is 7.20. The zero-order valence-electron chi connectivity index (χ0n) is 11.5. The van der Waals surface area contributed by atoms with Crippen molar-refractivity contribution in [3.63, 3.8) is 0 Å². The number of benzene rings is 1. The Bertz CT molecular complexity index is 572. The van der Waals surface area contributed by atoms with Crippen LogP contribution < -0.4 is 10.6 Å². The van der Waals surface area contributed by atoms with E-state index < -0.39 is 20.4 Å². The molecule has 8 heteroatoms. The second-order valence-corrected chi connectivity index (χ2v) is 6.34. The van der Waals surface area contributed by atoms with Crippen molar-refractivity contribution < 1.29 is 13.3 Å². The van der Waals surface area contributed by atoms with Crippen LogP contribution in [0.2, 0.25) is 0 Å². The highest BCUT2D eigenvalue weighted by Crippen LogP contribution is 2.31. The first kappa shape index (κ1) is 16.4. The van der Waals surface area contributed by atoms with Gasteiger partial charge in [0.25, 0.3) is 0 Å². The van der Waals surface area contributed by atoms with Gasteiger partial charge in [-0.3, -0.25) is 10.1 Å². The molecule has 112 valence electrons. The summed E-state index contributed by atoms with van der Waals surface area (Å²) in [5.74, 6) is 0. The number of anilines is 1. The SMILES string of the molecule is CCCNCCNc1cccc(S(C)(=O)=O)c1[N+](=O)[O-]. The molecule has 20 heavy (non-hydrogen) atoms. The molecule has 0 aliphatic rings. The summed E-state index contributed by atoms with van der Waals surface area (Å²) in [4.78, 5) is 10.2. The van der Waals surface area contributed by atoms with Crippen molar-refractivity contribution in [2.45, 2.75) is 18.2 Å². The fourth-order valence-corrected chi connectivity index (χ4v) is 2.60. The highest BCUT2D eigenvalue weighted by Gasteiger charge is 2.25. The molecule has 0 unspecified atom stereocenters. The first-order valence-corrected chi connectivity index (χ1v) is 8.19. The fourth-order valence-electron chi connectivity index (χ4n) is 1.74. The van der Waals surface area contributed by atoms with Gasteiger partial charge in [0, 0.05) is 19.3 Å². The topological polar surface area (TPSA) is 101 Å². The predicted octanol–water partition coefficient (Wildman–Crippen LogP) is 1.41. The summed E-state index contributed by atoms with van der Waals surface area (Å²) < 4.78 is 23.2. The molecule has 0 heterocycles. The van der Waals surface area contributed by atoms with E-state index in [2.05, 4.69) is 10.6 Å². The van der Waals surface area contributed by atoms with Crippen molar-refractivity contribution >= 4 is 21.2 Å². The van der Waals surface area contributed by atoms with Crippen LogP contribution in [0, 0.1) is 10.1 Å². The summed E-state index contributed by atoms with van der Waals surface area (Å²) >= 11 is 0. The van der Waals surface area contributed by atoms with E-state index in [4.69, 9.17) is 0 Å². The van der Waals surface area contributed by atoms with E-state index in [1.54, 1.807) is 0 Å². The lowest BCUT2D eigenvalue weighted by Crippen LogP contribution is -2.23. The van der Waals surface area contributed by atoms with Crippen LogP contribution in [0.4, 0.5) is 11.4 Å². The highest BCUT2D eigenvalue weighted by molar-refractivity contribution is 7.90. The van der Waals surface area contributed by atoms with E-state index in [1.807, 2.05) is 6.92 Å². The van der Waals surface area contributed by atoms with Gasteiger partial charge in [0.15, 0.2) is 9.84 Å². The standard InChI is InChI=1S/C12H19N3O4S/c1-3-7-13-8-9-14-10-5-4-6-11(20(2,18)19)12(10)15(16)17/h4-6,13-14H,3,7-9H2,1-2H3. The molecule has 0 fully saturated rings. The third kappa shape index (κ3) is 4.46. The van der Waals surface area contributed by atoms with Gasteiger partial charge in [0.05, 0.1) is 4.92 Å². The Morgan fingerprint density at radius 3 is 2.50 bits per heavy atom. The van der Waals surface area contributed by atoms with Crippen molar-refractivity contribution in [2.24, 2.45) is 0 Å². The number of nitrogens with one attached hydrogen (secondary N) is 2. The average Bonchev–Trinajstić information content (AvgIpc) is 2.37. The van der Waals surface area contributed by atoms with E-state index in [-0.39, 0.29) is 10.6 Å². The zero-order chi connectivity index (χ0) is 15.2. The van der Waals surface area contributed by atoms with Gasteiger partial charge in [-0.15, -0.1) is 0 Å². The molecule has 0 aliphatic heterocycles. The van der Waals surface area contributed by atoms with Gasteiger partial charge in [0.1, 0.15) is 10.6 Å². The lowest BCUT2D eigenvalue weighted by Gasteiger charge is -2.09. The van der Waals surface area contributed by atoms with Crippen LogP contribution >= 0.6 is 0 Å². The molecule has 1 aromatic rings. The number of para-hydroxylation sites is 1. The summed E-state index contributed by atoms with van der Waals surface area (Å²) in [5.41, 5.74) is -0.179. The van der Waals surface area contributed by atoms with E-state index in [9.17, 15) is 18.5 Å². The summed E-state index contributed by atoms with van der Waals surface area (Å²) in [7, 11) is -3.64. The first-order valence-electron chi connectivity index (χ1n) is 6.30. The summed E-state index contributed by atoms with van der Waals surface area (Å²) in [6.45, 7) is 4.04. The summed E-state index contributed by atoms with van der Waals surface area (Å²) in [6.07, 6.45) is 1.96. The number of nitro benzene ring substituents is 1. The minimum absolute atomic E-state index is 0.219. The maximum absolute atomic E-state index is 11.6. The van der Waals surface area contributed by atoms with Gasteiger partial charge in [-0.05, 0) is 25.1 Å². The van der Waals surface area contributed by atoms with Gasteiger partial charge >= 0.3 is 5.69 Å². The average molecular weight is 301 g/mol. The first-order chi connectivity index (χ1) is 9.38. The maximum Gasteiger partial charge on any atom is 0.310 e. The Morgan fingerprint density at radius 1 is 1.25 bits per heavy atom. The van der Waals surface area contributed by atoms with Crippen LogP contribution in [0.25, 0.3) is 0 Å². The molecule has 1 aromatic carbocycles. The molecule has 0 saturated carbocycles. The van der Waals surface area contributed by atoms with Crippen LogP contribution in [0.15, 0.2) is 23.1 Å². The molecule has 0 spiro atoms. The zero-order valence-corrected chi connectivity index (χ0v) is 12.4. The summed E-state index contributed by atoms with van der Waals surface area (Å²) in [6, 6.07) is 4.24. The fraction of sp³-hybridized carbons (Fsp3) is 0.500. The van der Waals surface area contributed by atoms with Crippen LogP contribution in [0.5, 0.6) is 0 Å². The smallest absolute Gasteiger partial charge is 0.310 e. The molecule has 0 radical (unpaired) electrons. The number of hydrogen-bond acceptors (Lipinski definition) is 6. The van der Waals surface area contributed by atoms with E-state index >= 15 is 0 Å². The van der Waals surface area contributed by atoms with Crippen LogP contribution in [0.3, 0.4) is 0 Å². The van der Waals surface area contributed by atoms with Gasteiger partial charge in [0.2, 0.25) is 0 Å². The molecule has 0 amide bonds. The number of nitrogens with zero attached hydrogens (tertiary/aromatic N) is 1. The van der Waals surface area contributed by atoms with Crippen molar-refractivity contribution in [1.82, 2.24) is 5.32 Å². The van der Waals surface area contributed by atoms with Crippen molar-refractivity contribution in [3.05, 3.63) is 28.3 Å². The third-order valence-electron chi connectivity index (χ3n) is 2.63. The van der Waals surface area contributed by atoms with Gasteiger partial charge in [-0.1, -0.05) is 13.0 Å². The van der Waals surface area contributed by atoms with Gasteiger partial charge < -0.3 is 10.6 Å². The number of nitro groups is 1. The van der Waals surface area contributed by atoms with Crippen LogP contribution in [-0.2, 0) is 9.84 Å². The number of sulfone groups is 1. The van der Waals surface area contributed by atoms with Crippen molar-refractivity contribution in [3.8, 4) is 0 Å². The Labute approximate surface area is 118 Å². The molecular weight excluding hydrogens is 282 g/mol. The molecule has 2 N–H and O–H groups in total. The number of hydrogen-bond donors (Lipinski definition) is 2. The molecule has 0 saturated heterocycles. The lowest BCUT2D eigenvalue weighted by molar-refractivity contribution is -0.386. The Balaban J connectivity index is 2.94. The molecular formula is C12H19N3O4S. The van der Waals surface area contributed by atoms with Crippen molar-refractivity contribution in [1.29, 1.82) is 0 Å². The Morgan fingerprint density at radius 2 is 1.95 bits per heavy atom. The van der Waals surface area contributed by atoms with Crippen LogP contribution in [0.1, 0.15) is 13.3 Å². The number of rotatable bonds is 8. The minimum atomic E-state index is -3.64. The molecule has 0 aromatic heterocycles. The highest BCUT2D eigenvalue weighted by atomic mass is 32.2. The minimum Gasteiger partial charge on any atom is -0.378 e.